The number of hydrogen-bond donors (Lipinski definition) is 2. The lowest BCUT2D eigenvalue weighted by Gasteiger charge is -2.24. The molecule has 0 saturated carbocycles. The van der Waals surface area contributed by atoms with E-state index in [1.54, 1.807) is 12.4 Å². The van der Waals surface area contributed by atoms with Gasteiger partial charge in [0.1, 0.15) is 17.3 Å². The minimum Gasteiger partial charge on any atom is -0.340 e. The summed E-state index contributed by atoms with van der Waals surface area (Å²) in [4.78, 5) is 44.2. The number of benzene rings is 2. The summed E-state index contributed by atoms with van der Waals surface area (Å²) in [6, 6.07) is 11.1. The van der Waals surface area contributed by atoms with Gasteiger partial charge in [-0.2, -0.15) is 0 Å². The number of carbonyl (C=O) groups is 2. The van der Waals surface area contributed by atoms with Crippen molar-refractivity contribution in [1.29, 1.82) is 0 Å². The van der Waals surface area contributed by atoms with Gasteiger partial charge in [0.15, 0.2) is 0 Å². The number of nitrogens with zero attached hydrogens (tertiary/aromatic N) is 4. The van der Waals surface area contributed by atoms with Gasteiger partial charge in [-0.15, -0.1) is 0 Å². The molecule has 2 unspecified atom stereocenters. The monoisotopic (exact) mass is 626 g/mol. The van der Waals surface area contributed by atoms with E-state index in [1.807, 2.05) is 55.1 Å². The molecule has 6 rings (SSSR count). The van der Waals surface area contributed by atoms with Crippen LogP contribution < -0.4 is 0 Å². The molecular formula is C36H40F2N6O2. The molecule has 10 heteroatoms. The van der Waals surface area contributed by atoms with E-state index in [2.05, 4.69) is 45.6 Å². The van der Waals surface area contributed by atoms with Gasteiger partial charge in [-0.1, -0.05) is 51.8 Å². The quantitative estimate of drug-likeness (QED) is 0.216. The summed E-state index contributed by atoms with van der Waals surface area (Å²) in [5, 5.41) is 2.00. The van der Waals surface area contributed by atoms with Crippen molar-refractivity contribution in [3.63, 3.8) is 0 Å². The van der Waals surface area contributed by atoms with Gasteiger partial charge >= 0.3 is 0 Å². The van der Waals surface area contributed by atoms with E-state index in [4.69, 9.17) is 0 Å². The first-order valence-electron chi connectivity index (χ1n) is 16.1. The second kappa shape index (κ2) is 12.7. The van der Waals surface area contributed by atoms with Crippen molar-refractivity contribution in [1.82, 2.24) is 29.7 Å². The summed E-state index contributed by atoms with van der Waals surface area (Å²) in [5.74, 6) is 4.90. The molecule has 0 spiro atoms. The van der Waals surface area contributed by atoms with Crippen LogP contribution in [-0.2, 0) is 9.59 Å². The van der Waals surface area contributed by atoms with E-state index in [0.717, 1.165) is 47.1 Å². The van der Waals surface area contributed by atoms with Crippen LogP contribution in [0.2, 0.25) is 0 Å². The number of likely N-dealkylation sites (tertiary alicyclic amines) is 2. The largest absolute Gasteiger partial charge is 0.340 e. The Morgan fingerprint density at radius 1 is 0.891 bits per heavy atom. The average Bonchev–Trinajstić information content (AvgIpc) is 3.80. The maximum absolute atomic E-state index is 14.4. The number of aromatic nitrogens is 4. The number of rotatable bonds is 7. The van der Waals surface area contributed by atoms with E-state index < -0.39 is 24.9 Å². The summed E-state index contributed by atoms with van der Waals surface area (Å²) in [5.41, 5.74) is 3.12. The maximum Gasteiger partial charge on any atom is 0.267 e. The van der Waals surface area contributed by atoms with Crippen LogP contribution in [0.3, 0.4) is 0 Å². The molecule has 46 heavy (non-hydrogen) atoms. The topological polar surface area (TPSA) is 98.0 Å². The highest BCUT2D eigenvalue weighted by molar-refractivity contribution is 5.88. The van der Waals surface area contributed by atoms with Gasteiger partial charge in [0.25, 0.3) is 5.92 Å². The molecule has 2 saturated heterocycles. The fraction of sp³-hybridized carbons (Fsp3) is 0.444. The van der Waals surface area contributed by atoms with Gasteiger partial charge in [0.05, 0.1) is 36.7 Å². The molecule has 2 amide bonds. The molecule has 240 valence electrons. The fourth-order valence-electron chi connectivity index (χ4n) is 6.46. The lowest BCUT2D eigenvalue weighted by Crippen LogP contribution is -2.34. The highest BCUT2D eigenvalue weighted by Gasteiger charge is 2.48. The van der Waals surface area contributed by atoms with E-state index in [9.17, 15) is 18.4 Å². The number of H-pyrrole nitrogens is 2. The van der Waals surface area contributed by atoms with Crippen LogP contribution in [0.5, 0.6) is 0 Å². The van der Waals surface area contributed by atoms with Crippen LogP contribution in [0.4, 0.5) is 8.78 Å². The highest BCUT2D eigenvalue weighted by Crippen LogP contribution is 2.41. The van der Waals surface area contributed by atoms with Crippen molar-refractivity contribution in [2.24, 2.45) is 11.8 Å². The first kappa shape index (κ1) is 31.5. The smallest absolute Gasteiger partial charge is 0.267 e. The molecule has 2 aromatic carbocycles. The zero-order valence-electron chi connectivity index (χ0n) is 26.7. The van der Waals surface area contributed by atoms with Gasteiger partial charge in [0, 0.05) is 36.9 Å². The molecule has 4 aromatic rings. The lowest BCUT2D eigenvalue weighted by molar-refractivity contribution is -0.134. The number of fused-ring (bicyclic) bond motifs is 1. The zero-order chi connectivity index (χ0) is 32.6. The van der Waals surface area contributed by atoms with Crippen molar-refractivity contribution in [3.05, 3.63) is 71.7 Å². The number of alkyl halides is 2. The average molecular weight is 627 g/mol. The summed E-state index contributed by atoms with van der Waals surface area (Å²) in [7, 11) is 0. The SMILES string of the molecule is CC(C)CC(=O)N1CCCC1c1ncc(C#Cc2ccc3cc(-c4cnc(C5CC(F)(F)CN5C(=O)CC(C)C)[nH]4)ccc3c2)[nH]1. The van der Waals surface area contributed by atoms with Crippen molar-refractivity contribution in [2.45, 2.75) is 77.8 Å². The number of halogens is 2. The number of carbonyl (C=O) groups excluding carboxylic acids is 2. The first-order chi connectivity index (χ1) is 22.0. The molecule has 2 aliphatic heterocycles. The number of imidazole rings is 2. The molecule has 8 nitrogen and oxygen atoms in total. The highest BCUT2D eigenvalue weighted by atomic mass is 19.3. The van der Waals surface area contributed by atoms with Crippen LogP contribution in [0.25, 0.3) is 22.0 Å². The van der Waals surface area contributed by atoms with Crippen molar-refractivity contribution >= 4 is 22.6 Å². The minimum atomic E-state index is -2.95. The molecule has 0 bridgehead atoms. The number of nitrogens with one attached hydrogen (secondary N) is 2. The van der Waals surface area contributed by atoms with Gasteiger partial charge < -0.3 is 19.8 Å². The number of aromatic amines is 2. The number of hydrogen-bond acceptors (Lipinski definition) is 4. The Hall–Kier alpha value is -4.52. The molecular weight excluding hydrogens is 586 g/mol. The predicted molar refractivity (Wildman–Crippen MR) is 173 cm³/mol. The second-order valence-electron chi connectivity index (χ2n) is 13.4. The molecule has 0 aliphatic carbocycles. The van der Waals surface area contributed by atoms with Gasteiger partial charge in [-0.25, -0.2) is 18.7 Å². The zero-order valence-corrected chi connectivity index (χ0v) is 26.7. The first-order valence-corrected chi connectivity index (χ1v) is 16.1. The van der Waals surface area contributed by atoms with Crippen LogP contribution in [0.15, 0.2) is 48.8 Å². The summed E-state index contributed by atoms with van der Waals surface area (Å²) < 4.78 is 28.8. The fourth-order valence-corrected chi connectivity index (χ4v) is 6.46. The Labute approximate surface area is 268 Å². The molecule has 2 fully saturated rings. The van der Waals surface area contributed by atoms with Crippen LogP contribution in [0, 0.1) is 23.7 Å². The number of amides is 2. The third kappa shape index (κ3) is 6.84. The molecule has 2 aromatic heterocycles. The van der Waals surface area contributed by atoms with Crippen molar-refractivity contribution in [2.75, 3.05) is 13.1 Å². The Balaban J connectivity index is 1.16. The van der Waals surface area contributed by atoms with Crippen LogP contribution in [-0.4, -0.2) is 60.6 Å². The Bertz CT molecular complexity index is 1810. The van der Waals surface area contributed by atoms with Crippen LogP contribution in [0.1, 0.15) is 94.8 Å². The van der Waals surface area contributed by atoms with Crippen LogP contribution >= 0.6 is 0 Å². The predicted octanol–water partition coefficient (Wildman–Crippen LogP) is 7.02. The van der Waals surface area contributed by atoms with Gasteiger partial charge in [-0.05, 0) is 59.6 Å². The Morgan fingerprint density at radius 3 is 2.33 bits per heavy atom. The molecule has 2 aliphatic rings. The van der Waals surface area contributed by atoms with Gasteiger partial charge in [0.2, 0.25) is 11.8 Å². The Kier molecular flexibility index (Phi) is 8.69. The summed E-state index contributed by atoms with van der Waals surface area (Å²) in [6.07, 6.45) is 5.54. The third-order valence-electron chi connectivity index (χ3n) is 8.64. The third-order valence-corrected chi connectivity index (χ3v) is 8.64. The lowest BCUT2D eigenvalue weighted by atomic mass is 10.0. The minimum absolute atomic E-state index is 0.0342. The summed E-state index contributed by atoms with van der Waals surface area (Å²) >= 11 is 0. The van der Waals surface area contributed by atoms with Crippen molar-refractivity contribution in [3.8, 4) is 23.1 Å². The van der Waals surface area contributed by atoms with Crippen molar-refractivity contribution < 1.29 is 18.4 Å². The molecule has 4 heterocycles. The van der Waals surface area contributed by atoms with E-state index in [1.165, 1.54) is 4.90 Å². The standard InChI is InChI=1S/C36H40F2N6O2/c1-22(2)14-32(45)43-13-5-6-30(43)34-39-19-28(41-34)12-8-24-7-9-26-17-27(11-10-25(26)16-24)29-20-40-35(42-29)31-18-36(37,38)21-44(31)33(46)15-23(3)4/h7,9-11,16-17,19-20,22-23,30-31H,5-6,13-15,18,21H2,1-4H3,(H,39,41)(H,40,42). The second-order valence-corrected chi connectivity index (χ2v) is 13.4. The molecule has 2 N–H and O–H groups in total. The summed E-state index contributed by atoms with van der Waals surface area (Å²) in [6.45, 7) is 8.10. The normalized spacial score (nSPS) is 19.3. The molecule has 2 atom stereocenters. The van der Waals surface area contributed by atoms with Gasteiger partial charge in [-0.3, -0.25) is 9.59 Å². The van der Waals surface area contributed by atoms with E-state index in [0.29, 0.717) is 29.6 Å². The molecule has 0 radical (unpaired) electrons. The van der Waals surface area contributed by atoms with E-state index >= 15 is 0 Å². The van der Waals surface area contributed by atoms with E-state index in [-0.39, 0.29) is 30.2 Å². The maximum atomic E-state index is 14.4. The Morgan fingerprint density at radius 2 is 1.57 bits per heavy atom.